The molecular weight excluding hydrogens is 214 g/mol. The van der Waals surface area contributed by atoms with Gasteiger partial charge in [-0.2, -0.15) is 8.42 Å². The third-order valence-electron chi connectivity index (χ3n) is 1.50. The number of benzene rings is 1. The van der Waals surface area contributed by atoms with Crippen molar-refractivity contribution in [2.24, 2.45) is 0 Å². The molecule has 72 valence electrons. The van der Waals surface area contributed by atoms with E-state index in [4.69, 9.17) is 16.2 Å². The monoisotopic (exact) mass is 221 g/mol. The molecule has 0 aliphatic heterocycles. The predicted octanol–water partition coefficient (Wildman–Crippen LogP) is 1.63. The third kappa shape index (κ3) is 2.33. The Kier molecular flexibility index (Phi) is 2.80. The molecule has 0 fully saturated rings. The first-order valence-electron chi connectivity index (χ1n) is 3.40. The molecule has 0 unspecified atom stereocenters. The quantitative estimate of drug-likeness (QED) is 0.745. The second kappa shape index (κ2) is 3.53. The molecule has 0 aliphatic rings. The van der Waals surface area contributed by atoms with Gasteiger partial charge < -0.3 is 5.32 Å². The molecule has 1 rings (SSSR count). The summed E-state index contributed by atoms with van der Waals surface area (Å²) in [6, 6.07) is 4.17. The second-order valence-corrected chi connectivity index (χ2v) is 4.17. The second-order valence-electron chi connectivity index (χ2n) is 2.37. The summed E-state index contributed by atoms with van der Waals surface area (Å²) in [5.41, 5.74) is 0.678. The highest BCUT2D eigenvalue weighted by Crippen LogP contribution is 2.24. The Balaban J connectivity index is 3.29. The van der Waals surface area contributed by atoms with Gasteiger partial charge in [-0.1, -0.05) is 11.6 Å². The van der Waals surface area contributed by atoms with Gasteiger partial charge in [0.15, 0.2) is 0 Å². The van der Waals surface area contributed by atoms with Gasteiger partial charge in [0.1, 0.15) is 4.90 Å². The number of anilines is 1. The van der Waals surface area contributed by atoms with E-state index in [9.17, 15) is 8.42 Å². The molecule has 0 saturated heterocycles. The van der Waals surface area contributed by atoms with E-state index in [1.807, 2.05) is 0 Å². The van der Waals surface area contributed by atoms with Gasteiger partial charge in [0.2, 0.25) is 0 Å². The van der Waals surface area contributed by atoms with Crippen LogP contribution in [0.4, 0.5) is 5.69 Å². The van der Waals surface area contributed by atoms with Gasteiger partial charge in [-0.3, -0.25) is 4.55 Å². The van der Waals surface area contributed by atoms with Crippen LogP contribution in [-0.2, 0) is 10.1 Å². The number of hydrogen-bond acceptors (Lipinski definition) is 3. The Labute approximate surface area is 81.3 Å². The lowest BCUT2D eigenvalue weighted by atomic mass is 10.3. The molecule has 0 atom stereocenters. The minimum absolute atomic E-state index is 0.00523. The molecule has 2 N–H and O–H groups in total. The van der Waals surface area contributed by atoms with Crippen LogP contribution in [0.25, 0.3) is 0 Å². The van der Waals surface area contributed by atoms with Gasteiger partial charge in [0, 0.05) is 12.7 Å². The molecule has 0 amide bonds. The zero-order valence-corrected chi connectivity index (χ0v) is 8.35. The maximum absolute atomic E-state index is 10.7. The Bertz CT molecular complexity index is 416. The Hall–Kier alpha value is -0.780. The fourth-order valence-electron chi connectivity index (χ4n) is 0.866. The van der Waals surface area contributed by atoms with Crippen molar-refractivity contribution >= 4 is 27.4 Å². The molecule has 0 saturated carbocycles. The van der Waals surface area contributed by atoms with Crippen molar-refractivity contribution in [3.05, 3.63) is 23.2 Å². The lowest BCUT2D eigenvalue weighted by Gasteiger charge is -2.03. The molecule has 4 nitrogen and oxygen atoms in total. The van der Waals surface area contributed by atoms with Crippen LogP contribution in [0, 0.1) is 0 Å². The maximum Gasteiger partial charge on any atom is 0.296 e. The Morgan fingerprint density at radius 2 is 2.08 bits per heavy atom. The molecule has 0 bridgehead atoms. The zero-order chi connectivity index (χ0) is 10.1. The molecule has 0 aliphatic carbocycles. The smallest absolute Gasteiger partial charge is 0.296 e. The lowest BCUT2D eigenvalue weighted by molar-refractivity contribution is 0.483. The first-order valence-corrected chi connectivity index (χ1v) is 5.22. The van der Waals surface area contributed by atoms with Crippen molar-refractivity contribution in [2.75, 3.05) is 12.4 Å². The summed E-state index contributed by atoms with van der Waals surface area (Å²) in [4.78, 5) is -0.284. The molecule has 0 aromatic heterocycles. The fourth-order valence-corrected chi connectivity index (χ4v) is 1.88. The summed E-state index contributed by atoms with van der Waals surface area (Å²) in [7, 11) is -2.54. The van der Waals surface area contributed by atoms with Crippen LogP contribution in [-0.4, -0.2) is 20.0 Å². The maximum atomic E-state index is 10.7. The van der Waals surface area contributed by atoms with Crippen LogP contribution in [0.15, 0.2) is 23.1 Å². The van der Waals surface area contributed by atoms with Crippen LogP contribution >= 0.6 is 11.6 Å². The molecule has 13 heavy (non-hydrogen) atoms. The summed E-state index contributed by atoms with van der Waals surface area (Å²) in [6.45, 7) is 0. The number of rotatable bonds is 2. The third-order valence-corrected chi connectivity index (χ3v) is 2.84. The summed E-state index contributed by atoms with van der Waals surface area (Å²) in [5, 5.41) is 2.78. The van der Waals surface area contributed by atoms with Crippen LogP contribution < -0.4 is 5.32 Å². The van der Waals surface area contributed by atoms with Gasteiger partial charge >= 0.3 is 0 Å². The van der Waals surface area contributed by atoms with Gasteiger partial charge in [-0.15, -0.1) is 0 Å². The van der Waals surface area contributed by atoms with Crippen LogP contribution in [0.5, 0.6) is 0 Å². The van der Waals surface area contributed by atoms with Crippen LogP contribution in [0.3, 0.4) is 0 Å². The van der Waals surface area contributed by atoms with E-state index in [-0.39, 0.29) is 9.92 Å². The summed E-state index contributed by atoms with van der Waals surface area (Å²) >= 11 is 5.61. The minimum atomic E-state index is -4.22. The van der Waals surface area contributed by atoms with Crippen molar-refractivity contribution < 1.29 is 13.0 Å². The van der Waals surface area contributed by atoms with Gasteiger partial charge in [0.05, 0.1) is 5.02 Å². The number of halogens is 1. The van der Waals surface area contributed by atoms with Crippen LogP contribution in [0.2, 0.25) is 5.02 Å². The van der Waals surface area contributed by atoms with Crippen molar-refractivity contribution in [2.45, 2.75) is 4.90 Å². The SMILES string of the molecule is CNc1ccc(S(=O)(=O)O)c(Cl)c1. The average Bonchev–Trinajstić information content (AvgIpc) is 2.01. The fraction of sp³-hybridized carbons (Fsp3) is 0.143. The topological polar surface area (TPSA) is 66.4 Å². The van der Waals surface area contributed by atoms with E-state index in [1.165, 1.54) is 18.2 Å². The van der Waals surface area contributed by atoms with Crippen molar-refractivity contribution in [1.82, 2.24) is 0 Å². The zero-order valence-electron chi connectivity index (χ0n) is 6.78. The van der Waals surface area contributed by atoms with Crippen molar-refractivity contribution in [3.8, 4) is 0 Å². The van der Waals surface area contributed by atoms with Gasteiger partial charge in [0.25, 0.3) is 10.1 Å². The summed E-state index contributed by atoms with van der Waals surface area (Å²) in [6.07, 6.45) is 0. The first-order chi connectivity index (χ1) is 5.95. The van der Waals surface area contributed by atoms with E-state index >= 15 is 0 Å². The summed E-state index contributed by atoms with van der Waals surface area (Å²) < 4.78 is 30.1. The van der Waals surface area contributed by atoms with Gasteiger partial charge in [-0.05, 0) is 18.2 Å². The first kappa shape index (κ1) is 10.3. The van der Waals surface area contributed by atoms with Crippen LogP contribution in [0.1, 0.15) is 0 Å². The highest BCUT2D eigenvalue weighted by molar-refractivity contribution is 7.86. The highest BCUT2D eigenvalue weighted by Gasteiger charge is 2.13. The highest BCUT2D eigenvalue weighted by atomic mass is 35.5. The Morgan fingerprint density at radius 1 is 1.46 bits per heavy atom. The standard InChI is InChI=1S/C7H8ClNO3S/c1-9-5-2-3-7(6(8)4-5)13(10,11)12/h2-4,9H,1H3,(H,10,11,12). The van der Waals surface area contributed by atoms with E-state index < -0.39 is 10.1 Å². The Morgan fingerprint density at radius 3 is 2.46 bits per heavy atom. The largest absolute Gasteiger partial charge is 0.388 e. The molecule has 0 spiro atoms. The molecule has 1 aromatic rings. The lowest BCUT2D eigenvalue weighted by Crippen LogP contribution is -1.99. The van der Waals surface area contributed by atoms with E-state index in [0.717, 1.165) is 0 Å². The van der Waals surface area contributed by atoms with Crippen molar-refractivity contribution in [3.63, 3.8) is 0 Å². The molecule has 0 heterocycles. The number of nitrogens with one attached hydrogen (secondary N) is 1. The predicted molar refractivity (Wildman–Crippen MR) is 50.8 cm³/mol. The molecule has 1 aromatic carbocycles. The number of hydrogen-bond donors (Lipinski definition) is 2. The minimum Gasteiger partial charge on any atom is -0.388 e. The van der Waals surface area contributed by atoms with Crippen molar-refractivity contribution in [1.29, 1.82) is 0 Å². The van der Waals surface area contributed by atoms with E-state index in [2.05, 4.69) is 5.32 Å². The molecular formula is C7H8ClNO3S. The van der Waals surface area contributed by atoms with Gasteiger partial charge in [-0.25, -0.2) is 0 Å². The van der Waals surface area contributed by atoms with E-state index in [1.54, 1.807) is 7.05 Å². The van der Waals surface area contributed by atoms with E-state index in [0.29, 0.717) is 5.69 Å². The molecule has 6 heteroatoms. The summed E-state index contributed by atoms with van der Waals surface area (Å²) in [5.74, 6) is 0. The average molecular weight is 222 g/mol. The molecule has 0 radical (unpaired) electrons. The normalized spacial score (nSPS) is 11.3.